The Kier molecular flexibility index (Phi) is 5.08. The zero-order valence-corrected chi connectivity index (χ0v) is 12.2. The molecule has 1 aromatic heterocycles. The van der Waals surface area contributed by atoms with Gasteiger partial charge in [-0.2, -0.15) is 0 Å². The molecule has 0 aliphatic carbocycles. The molecule has 2 aromatic rings. The molecule has 112 valence electrons. The molecule has 1 aromatic carbocycles. The highest BCUT2D eigenvalue weighted by Crippen LogP contribution is 2.20. The number of nitrogen functional groups attached to an aromatic ring is 1. The average Bonchev–Trinajstić information content (AvgIpc) is 2.52. The lowest BCUT2D eigenvalue weighted by Crippen LogP contribution is -2.30. The van der Waals surface area contributed by atoms with Crippen molar-refractivity contribution in [3.05, 3.63) is 36.4 Å². The van der Waals surface area contributed by atoms with Crippen LogP contribution in [0.1, 0.15) is 13.8 Å². The molecule has 0 radical (unpaired) electrons. The van der Waals surface area contributed by atoms with Crippen LogP contribution in [0.5, 0.6) is 0 Å². The summed E-state index contributed by atoms with van der Waals surface area (Å²) in [6.07, 6.45) is 0. The Labute approximate surface area is 124 Å². The van der Waals surface area contributed by atoms with Crippen LogP contribution in [0.4, 0.5) is 11.6 Å². The Bertz CT molecular complexity index is 574. The van der Waals surface area contributed by atoms with E-state index in [1.807, 2.05) is 44.2 Å². The number of hydrogen-bond donors (Lipinski definition) is 4. The van der Waals surface area contributed by atoms with E-state index in [9.17, 15) is 5.11 Å². The van der Waals surface area contributed by atoms with Crippen LogP contribution in [-0.4, -0.2) is 27.7 Å². The first-order chi connectivity index (χ1) is 10.1. The van der Waals surface area contributed by atoms with Crippen molar-refractivity contribution in [2.45, 2.75) is 19.9 Å². The van der Waals surface area contributed by atoms with Gasteiger partial charge in [0.15, 0.2) is 5.82 Å². The van der Waals surface area contributed by atoms with Crippen LogP contribution in [0.25, 0.3) is 11.4 Å². The number of nitrogens with zero attached hydrogens (tertiary/aromatic N) is 2. The van der Waals surface area contributed by atoms with Gasteiger partial charge >= 0.3 is 0 Å². The van der Waals surface area contributed by atoms with E-state index in [4.69, 9.17) is 5.84 Å². The average molecular weight is 287 g/mol. The summed E-state index contributed by atoms with van der Waals surface area (Å²) in [5, 5.41) is 12.6. The Morgan fingerprint density at radius 2 is 1.81 bits per heavy atom. The number of benzene rings is 1. The number of nitrogens with two attached hydrogens (primary N) is 1. The highest BCUT2D eigenvalue weighted by molar-refractivity contribution is 5.61. The summed E-state index contributed by atoms with van der Waals surface area (Å²) in [4.78, 5) is 8.84. The normalized spacial score (nSPS) is 12.2. The number of rotatable bonds is 6. The Morgan fingerprint density at radius 1 is 1.14 bits per heavy atom. The standard InChI is InChI=1S/C15H21N5O/c1-10(2)12(9-21)17-13-8-14(20-16)19-15(18-13)11-6-4-3-5-7-11/h3-8,10,12,21H,9,16H2,1-2H3,(H2,17,18,19,20). The van der Waals surface area contributed by atoms with Gasteiger partial charge in [-0.25, -0.2) is 15.8 Å². The predicted molar refractivity (Wildman–Crippen MR) is 84.6 cm³/mol. The quantitative estimate of drug-likeness (QED) is 0.478. The van der Waals surface area contributed by atoms with Crippen LogP contribution in [0, 0.1) is 5.92 Å². The molecule has 21 heavy (non-hydrogen) atoms. The molecule has 5 N–H and O–H groups in total. The fourth-order valence-corrected chi connectivity index (χ4v) is 1.92. The van der Waals surface area contributed by atoms with E-state index in [1.54, 1.807) is 6.07 Å². The van der Waals surface area contributed by atoms with Crippen LogP contribution in [0.15, 0.2) is 36.4 Å². The molecule has 1 unspecified atom stereocenters. The third-order valence-corrected chi connectivity index (χ3v) is 3.24. The molecule has 0 bridgehead atoms. The lowest BCUT2D eigenvalue weighted by atomic mass is 10.1. The van der Waals surface area contributed by atoms with E-state index >= 15 is 0 Å². The molecule has 1 atom stereocenters. The molecule has 0 fully saturated rings. The van der Waals surface area contributed by atoms with Gasteiger partial charge in [0, 0.05) is 11.6 Å². The summed E-state index contributed by atoms with van der Waals surface area (Å²) in [6.45, 7) is 4.11. The predicted octanol–water partition coefficient (Wildman–Crippen LogP) is 1.86. The zero-order valence-electron chi connectivity index (χ0n) is 12.2. The van der Waals surface area contributed by atoms with Gasteiger partial charge < -0.3 is 15.8 Å². The first-order valence-corrected chi connectivity index (χ1v) is 6.92. The van der Waals surface area contributed by atoms with E-state index in [-0.39, 0.29) is 18.6 Å². The molecular weight excluding hydrogens is 266 g/mol. The van der Waals surface area contributed by atoms with Crippen LogP contribution in [0.3, 0.4) is 0 Å². The number of aromatic nitrogens is 2. The van der Waals surface area contributed by atoms with Crippen molar-refractivity contribution >= 4 is 11.6 Å². The smallest absolute Gasteiger partial charge is 0.163 e. The largest absolute Gasteiger partial charge is 0.394 e. The summed E-state index contributed by atoms with van der Waals surface area (Å²) in [5.41, 5.74) is 3.45. The van der Waals surface area contributed by atoms with Gasteiger partial charge in [-0.1, -0.05) is 44.2 Å². The maximum atomic E-state index is 9.42. The SMILES string of the molecule is CC(C)C(CO)Nc1cc(NN)nc(-c2ccccc2)n1. The highest BCUT2D eigenvalue weighted by atomic mass is 16.3. The second kappa shape index (κ2) is 7.01. The molecule has 0 saturated heterocycles. The number of nitrogens with one attached hydrogen (secondary N) is 2. The second-order valence-corrected chi connectivity index (χ2v) is 5.15. The molecule has 0 amide bonds. The van der Waals surface area contributed by atoms with Crippen molar-refractivity contribution in [2.24, 2.45) is 11.8 Å². The van der Waals surface area contributed by atoms with E-state index < -0.39 is 0 Å². The summed E-state index contributed by atoms with van der Waals surface area (Å²) >= 11 is 0. The van der Waals surface area contributed by atoms with Gasteiger partial charge in [0.25, 0.3) is 0 Å². The summed E-state index contributed by atoms with van der Waals surface area (Å²) < 4.78 is 0. The van der Waals surface area contributed by atoms with Crippen molar-refractivity contribution in [3.63, 3.8) is 0 Å². The monoisotopic (exact) mass is 287 g/mol. The van der Waals surface area contributed by atoms with Gasteiger partial charge in [-0.15, -0.1) is 0 Å². The van der Waals surface area contributed by atoms with Crippen LogP contribution >= 0.6 is 0 Å². The van der Waals surface area contributed by atoms with Crippen LogP contribution < -0.4 is 16.6 Å². The Balaban J connectivity index is 2.34. The van der Waals surface area contributed by atoms with Crippen molar-refractivity contribution < 1.29 is 5.11 Å². The Hall–Kier alpha value is -2.18. The van der Waals surface area contributed by atoms with Crippen molar-refractivity contribution in [3.8, 4) is 11.4 Å². The number of hydrogen-bond acceptors (Lipinski definition) is 6. The van der Waals surface area contributed by atoms with Gasteiger partial charge in [0.2, 0.25) is 0 Å². The minimum atomic E-state index is -0.0749. The van der Waals surface area contributed by atoms with E-state index in [2.05, 4.69) is 20.7 Å². The third-order valence-electron chi connectivity index (χ3n) is 3.24. The van der Waals surface area contributed by atoms with Gasteiger partial charge in [0.05, 0.1) is 12.6 Å². The maximum absolute atomic E-state index is 9.42. The lowest BCUT2D eigenvalue weighted by molar-refractivity contribution is 0.249. The third kappa shape index (κ3) is 3.90. The number of aliphatic hydroxyl groups excluding tert-OH is 1. The molecular formula is C15H21N5O. The summed E-state index contributed by atoms with van der Waals surface area (Å²) in [6, 6.07) is 11.3. The van der Waals surface area contributed by atoms with Crippen LogP contribution in [-0.2, 0) is 0 Å². The number of aliphatic hydroxyl groups is 1. The lowest BCUT2D eigenvalue weighted by Gasteiger charge is -2.21. The summed E-state index contributed by atoms with van der Waals surface area (Å²) in [7, 11) is 0. The molecule has 2 rings (SSSR count). The van der Waals surface area contributed by atoms with Gasteiger partial charge in [0.1, 0.15) is 11.6 Å². The zero-order chi connectivity index (χ0) is 15.2. The molecule has 6 heteroatoms. The molecule has 0 saturated carbocycles. The first kappa shape index (κ1) is 15.2. The highest BCUT2D eigenvalue weighted by Gasteiger charge is 2.14. The Morgan fingerprint density at radius 3 is 2.38 bits per heavy atom. The van der Waals surface area contributed by atoms with E-state index in [1.165, 1.54) is 0 Å². The van der Waals surface area contributed by atoms with Gasteiger partial charge in [-0.05, 0) is 5.92 Å². The fraction of sp³-hybridized carbons (Fsp3) is 0.333. The van der Waals surface area contributed by atoms with Crippen LogP contribution in [0.2, 0.25) is 0 Å². The van der Waals surface area contributed by atoms with Crippen molar-refractivity contribution in [1.29, 1.82) is 0 Å². The molecule has 0 aliphatic heterocycles. The number of hydrazine groups is 1. The minimum Gasteiger partial charge on any atom is -0.394 e. The van der Waals surface area contributed by atoms with E-state index in [0.717, 1.165) is 5.56 Å². The van der Waals surface area contributed by atoms with Crippen molar-refractivity contribution in [1.82, 2.24) is 9.97 Å². The topological polar surface area (TPSA) is 96.1 Å². The summed E-state index contributed by atoms with van der Waals surface area (Å²) in [5.74, 6) is 7.48. The van der Waals surface area contributed by atoms with Gasteiger partial charge in [-0.3, -0.25) is 0 Å². The maximum Gasteiger partial charge on any atom is 0.163 e. The number of anilines is 2. The molecule has 0 aliphatic rings. The minimum absolute atomic E-state index is 0.0354. The molecule has 6 nitrogen and oxygen atoms in total. The molecule has 1 heterocycles. The van der Waals surface area contributed by atoms with Crippen molar-refractivity contribution in [2.75, 3.05) is 17.3 Å². The fourth-order valence-electron chi connectivity index (χ4n) is 1.92. The first-order valence-electron chi connectivity index (χ1n) is 6.92. The van der Waals surface area contributed by atoms with E-state index in [0.29, 0.717) is 17.5 Å². The molecule has 0 spiro atoms. The second-order valence-electron chi connectivity index (χ2n) is 5.15.